The van der Waals surface area contributed by atoms with Gasteiger partial charge in [-0.3, -0.25) is 4.98 Å². The third-order valence-electron chi connectivity index (χ3n) is 3.88. The Bertz CT molecular complexity index is 424. The van der Waals surface area contributed by atoms with E-state index in [4.69, 9.17) is 9.72 Å². The van der Waals surface area contributed by atoms with E-state index >= 15 is 0 Å². The molecule has 2 unspecified atom stereocenters. The Hall–Kier alpha value is -1.20. The van der Waals surface area contributed by atoms with Crippen LogP contribution in [0.1, 0.15) is 32.9 Å². The highest BCUT2D eigenvalue weighted by atomic mass is 16.5. The lowest BCUT2D eigenvalue weighted by Gasteiger charge is -2.36. The maximum Gasteiger partial charge on any atom is 0.147 e. The van der Waals surface area contributed by atoms with Crippen LogP contribution >= 0.6 is 0 Å². The standard InChI is InChI=1S/C15H26N4O/c1-11(2)17-8-13-7-16-9-15(18-13)19-6-5-12(3)14(10-19)20-4/h7,9,11-12,14,17H,5-6,8,10H2,1-4H3. The predicted molar refractivity (Wildman–Crippen MR) is 80.8 cm³/mol. The van der Waals surface area contributed by atoms with Gasteiger partial charge < -0.3 is 15.0 Å². The van der Waals surface area contributed by atoms with Crippen LogP contribution in [0.2, 0.25) is 0 Å². The number of hydrogen-bond acceptors (Lipinski definition) is 5. The van der Waals surface area contributed by atoms with E-state index in [1.165, 1.54) is 0 Å². The first-order valence-corrected chi connectivity index (χ1v) is 7.42. The fraction of sp³-hybridized carbons (Fsp3) is 0.733. The molecule has 0 saturated carbocycles. The molecule has 0 spiro atoms. The zero-order valence-corrected chi connectivity index (χ0v) is 13.0. The quantitative estimate of drug-likeness (QED) is 0.890. The van der Waals surface area contributed by atoms with Crippen LogP contribution in [-0.4, -0.2) is 42.3 Å². The van der Waals surface area contributed by atoms with E-state index in [9.17, 15) is 0 Å². The molecule has 2 rings (SSSR count). The second kappa shape index (κ2) is 6.99. The van der Waals surface area contributed by atoms with Crippen molar-refractivity contribution in [2.24, 2.45) is 5.92 Å². The summed E-state index contributed by atoms with van der Waals surface area (Å²) in [6.45, 7) is 9.19. The number of piperidine rings is 1. The molecule has 2 heterocycles. The molecule has 5 nitrogen and oxygen atoms in total. The lowest BCUT2D eigenvalue weighted by atomic mass is 9.96. The average Bonchev–Trinajstić information content (AvgIpc) is 2.46. The molecule has 1 aliphatic heterocycles. The number of rotatable bonds is 5. The number of hydrogen-bond donors (Lipinski definition) is 1. The molecule has 1 N–H and O–H groups in total. The fourth-order valence-corrected chi connectivity index (χ4v) is 2.49. The molecule has 0 amide bonds. The summed E-state index contributed by atoms with van der Waals surface area (Å²) in [5.74, 6) is 1.57. The average molecular weight is 278 g/mol. The summed E-state index contributed by atoms with van der Waals surface area (Å²) >= 11 is 0. The van der Waals surface area contributed by atoms with Gasteiger partial charge in [0, 0.05) is 39.0 Å². The molecule has 112 valence electrons. The molecule has 1 fully saturated rings. The molecule has 0 aliphatic carbocycles. The molecule has 0 aromatic carbocycles. The van der Waals surface area contributed by atoms with Gasteiger partial charge in [0.1, 0.15) is 5.82 Å². The van der Waals surface area contributed by atoms with E-state index in [0.717, 1.165) is 37.6 Å². The Labute approximate surface area is 121 Å². The van der Waals surface area contributed by atoms with Gasteiger partial charge in [0.2, 0.25) is 0 Å². The molecular formula is C15H26N4O. The third kappa shape index (κ3) is 3.90. The van der Waals surface area contributed by atoms with Crippen molar-refractivity contribution in [3.63, 3.8) is 0 Å². The van der Waals surface area contributed by atoms with Crippen LogP contribution in [0.3, 0.4) is 0 Å². The molecule has 20 heavy (non-hydrogen) atoms. The predicted octanol–water partition coefficient (Wildman–Crippen LogP) is 1.84. The summed E-state index contributed by atoms with van der Waals surface area (Å²) in [4.78, 5) is 11.3. The van der Waals surface area contributed by atoms with Crippen molar-refractivity contribution in [3.05, 3.63) is 18.1 Å². The van der Waals surface area contributed by atoms with Crippen molar-refractivity contribution < 1.29 is 4.74 Å². The second-order valence-corrected chi connectivity index (χ2v) is 5.89. The number of aromatic nitrogens is 2. The maximum atomic E-state index is 5.56. The highest BCUT2D eigenvalue weighted by Gasteiger charge is 2.26. The molecule has 1 aromatic rings. The van der Waals surface area contributed by atoms with Gasteiger partial charge in [-0.25, -0.2) is 4.98 Å². The van der Waals surface area contributed by atoms with Crippen molar-refractivity contribution in [2.45, 2.75) is 45.9 Å². The smallest absolute Gasteiger partial charge is 0.147 e. The lowest BCUT2D eigenvalue weighted by Crippen LogP contribution is -2.44. The molecular weight excluding hydrogens is 252 g/mol. The van der Waals surface area contributed by atoms with Crippen LogP contribution < -0.4 is 10.2 Å². The van der Waals surface area contributed by atoms with Crippen LogP contribution in [-0.2, 0) is 11.3 Å². The maximum absolute atomic E-state index is 5.56. The van der Waals surface area contributed by atoms with Crippen molar-refractivity contribution >= 4 is 5.82 Å². The Morgan fingerprint density at radius 1 is 1.45 bits per heavy atom. The summed E-state index contributed by atoms with van der Waals surface area (Å²) in [7, 11) is 1.79. The zero-order valence-electron chi connectivity index (χ0n) is 13.0. The van der Waals surface area contributed by atoms with Gasteiger partial charge in [-0.1, -0.05) is 20.8 Å². The van der Waals surface area contributed by atoms with Gasteiger partial charge in [-0.15, -0.1) is 0 Å². The molecule has 0 radical (unpaired) electrons. The SMILES string of the molecule is COC1CN(c2cncc(CNC(C)C)n2)CCC1C. The molecule has 5 heteroatoms. The second-order valence-electron chi connectivity index (χ2n) is 5.89. The monoisotopic (exact) mass is 278 g/mol. The lowest BCUT2D eigenvalue weighted by molar-refractivity contribution is 0.0496. The van der Waals surface area contributed by atoms with E-state index < -0.39 is 0 Å². The van der Waals surface area contributed by atoms with Gasteiger partial charge >= 0.3 is 0 Å². The minimum Gasteiger partial charge on any atom is -0.379 e. The number of ether oxygens (including phenoxy) is 1. The Balaban J connectivity index is 2.03. The molecule has 1 aliphatic rings. The number of methoxy groups -OCH3 is 1. The summed E-state index contributed by atoms with van der Waals surface area (Å²) in [5.41, 5.74) is 0.990. The van der Waals surface area contributed by atoms with Crippen LogP contribution in [0.5, 0.6) is 0 Å². The van der Waals surface area contributed by atoms with Crippen molar-refractivity contribution in [3.8, 4) is 0 Å². The first-order valence-electron chi connectivity index (χ1n) is 7.42. The zero-order chi connectivity index (χ0) is 14.5. The van der Waals surface area contributed by atoms with Gasteiger partial charge in [0.15, 0.2) is 0 Å². The summed E-state index contributed by atoms with van der Waals surface area (Å²) in [6.07, 6.45) is 5.10. The molecule has 0 bridgehead atoms. The van der Waals surface area contributed by atoms with Gasteiger partial charge in [0.05, 0.1) is 18.0 Å². The normalized spacial score (nSPS) is 23.4. The molecule has 1 aromatic heterocycles. The number of nitrogens with zero attached hydrogens (tertiary/aromatic N) is 3. The number of nitrogens with one attached hydrogen (secondary N) is 1. The van der Waals surface area contributed by atoms with Crippen LogP contribution in [0.4, 0.5) is 5.82 Å². The summed E-state index contributed by atoms with van der Waals surface area (Å²) in [5, 5.41) is 3.37. The Kier molecular flexibility index (Phi) is 5.31. The van der Waals surface area contributed by atoms with Crippen LogP contribution in [0.25, 0.3) is 0 Å². The highest BCUT2D eigenvalue weighted by molar-refractivity contribution is 5.37. The van der Waals surface area contributed by atoms with Crippen molar-refractivity contribution in [1.82, 2.24) is 15.3 Å². The van der Waals surface area contributed by atoms with E-state index in [1.54, 1.807) is 7.11 Å². The van der Waals surface area contributed by atoms with Gasteiger partial charge in [0.25, 0.3) is 0 Å². The van der Waals surface area contributed by atoms with Gasteiger partial charge in [-0.05, 0) is 12.3 Å². The first kappa shape index (κ1) is 15.2. The fourth-order valence-electron chi connectivity index (χ4n) is 2.49. The summed E-state index contributed by atoms with van der Waals surface area (Å²) in [6, 6.07) is 0.453. The van der Waals surface area contributed by atoms with E-state index in [2.05, 4.69) is 36.0 Å². The van der Waals surface area contributed by atoms with Crippen LogP contribution in [0, 0.1) is 5.92 Å². The first-order chi connectivity index (χ1) is 9.60. The Morgan fingerprint density at radius 2 is 2.25 bits per heavy atom. The Morgan fingerprint density at radius 3 is 2.95 bits per heavy atom. The van der Waals surface area contributed by atoms with Crippen molar-refractivity contribution in [2.75, 3.05) is 25.1 Å². The minimum absolute atomic E-state index is 0.281. The minimum atomic E-state index is 0.281. The van der Waals surface area contributed by atoms with Gasteiger partial charge in [-0.2, -0.15) is 0 Å². The topological polar surface area (TPSA) is 50.3 Å². The summed E-state index contributed by atoms with van der Waals surface area (Å²) < 4.78 is 5.56. The molecule has 1 saturated heterocycles. The highest BCUT2D eigenvalue weighted by Crippen LogP contribution is 2.23. The van der Waals surface area contributed by atoms with Crippen LogP contribution in [0.15, 0.2) is 12.4 Å². The van der Waals surface area contributed by atoms with Crippen molar-refractivity contribution in [1.29, 1.82) is 0 Å². The van der Waals surface area contributed by atoms with E-state index in [-0.39, 0.29) is 6.10 Å². The number of anilines is 1. The van der Waals surface area contributed by atoms with E-state index in [0.29, 0.717) is 12.0 Å². The third-order valence-corrected chi connectivity index (χ3v) is 3.88. The largest absolute Gasteiger partial charge is 0.379 e. The van der Waals surface area contributed by atoms with E-state index in [1.807, 2.05) is 12.4 Å². The molecule has 2 atom stereocenters.